The fourth-order valence-electron chi connectivity index (χ4n) is 4.18. The molecule has 9 nitrogen and oxygen atoms in total. The van der Waals surface area contributed by atoms with Gasteiger partial charge in [0.05, 0.1) is 48.5 Å². The van der Waals surface area contributed by atoms with Gasteiger partial charge in [0, 0.05) is 18.9 Å². The van der Waals surface area contributed by atoms with Crippen molar-refractivity contribution in [2.75, 3.05) is 25.4 Å². The molecule has 2 fully saturated rings. The van der Waals surface area contributed by atoms with Crippen molar-refractivity contribution in [3.05, 3.63) is 54.4 Å². The number of imidazole rings is 1. The van der Waals surface area contributed by atoms with Gasteiger partial charge in [-0.25, -0.2) is 18.4 Å². The van der Waals surface area contributed by atoms with Crippen LogP contribution < -0.4 is 0 Å². The molecule has 1 aromatic carbocycles. The smallest absolute Gasteiger partial charge is 0.274 e. The predicted octanol–water partition coefficient (Wildman–Crippen LogP) is 0.843. The van der Waals surface area contributed by atoms with E-state index in [2.05, 4.69) is 15.0 Å². The molecule has 2 aliphatic heterocycles. The molecule has 10 heteroatoms. The first kappa shape index (κ1) is 19.1. The monoisotopic (exact) mass is 427 g/mol. The zero-order valence-corrected chi connectivity index (χ0v) is 17.2. The Morgan fingerprint density at radius 1 is 1.20 bits per heavy atom. The van der Waals surface area contributed by atoms with Crippen LogP contribution in [-0.2, 0) is 21.1 Å². The lowest BCUT2D eigenvalue weighted by Crippen LogP contribution is -2.70. The minimum Gasteiger partial charge on any atom is -0.369 e. The van der Waals surface area contributed by atoms with E-state index in [-0.39, 0.29) is 37.1 Å². The first-order valence-corrected chi connectivity index (χ1v) is 11.4. The van der Waals surface area contributed by atoms with Crippen molar-refractivity contribution >= 4 is 26.8 Å². The highest BCUT2D eigenvalue weighted by Gasteiger charge is 2.54. The number of fused-ring (bicyclic) bond motifs is 1. The Labute approximate surface area is 173 Å². The first-order chi connectivity index (χ1) is 14.4. The summed E-state index contributed by atoms with van der Waals surface area (Å²) in [4.78, 5) is 26.7. The van der Waals surface area contributed by atoms with Crippen LogP contribution in [0.15, 0.2) is 43.0 Å². The summed E-state index contributed by atoms with van der Waals surface area (Å²) in [5.74, 6) is -0.347. The fourth-order valence-corrected chi connectivity index (χ4v) is 6.08. The SMILES string of the molecule is Cc1nccnc1C(=O)N1CC2(C1)CS(=O)(=O)[C@@H](Cn1cnc3ccccc31)CO2. The lowest BCUT2D eigenvalue weighted by Gasteiger charge is -2.52. The number of rotatable bonds is 3. The molecular formula is C20H21N5O4S. The number of hydrogen-bond acceptors (Lipinski definition) is 7. The molecule has 156 valence electrons. The number of ether oxygens (including phenoxy) is 1. The summed E-state index contributed by atoms with van der Waals surface area (Å²) in [6.07, 6.45) is 4.67. The first-order valence-electron chi connectivity index (χ1n) is 9.69. The molecule has 5 rings (SSSR count). The molecular weight excluding hydrogens is 406 g/mol. The van der Waals surface area contributed by atoms with Crippen LogP contribution in [0.1, 0.15) is 16.2 Å². The summed E-state index contributed by atoms with van der Waals surface area (Å²) < 4.78 is 33.9. The Morgan fingerprint density at radius 2 is 1.97 bits per heavy atom. The van der Waals surface area contributed by atoms with Gasteiger partial charge in [0.2, 0.25) is 0 Å². The second kappa shape index (κ2) is 6.85. The molecule has 1 spiro atoms. The summed E-state index contributed by atoms with van der Waals surface area (Å²) >= 11 is 0. The van der Waals surface area contributed by atoms with E-state index in [1.165, 1.54) is 12.4 Å². The number of para-hydroxylation sites is 2. The zero-order chi connectivity index (χ0) is 20.9. The van der Waals surface area contributed by atoms with Crippen LogP contribution >= 0.6 is 0 Å². The second-order valence-electron chi connectivity index (χ2n) is 7.96. The van der Waals surface area contributed by atoms with Crippen LogP contribution in [-0.4, -0.2) is 75.0 Å². The van der Waals surface area contributed by atoms with Crippen LogP contribution in [0, 0.1) is 6.92 Å². The molecule has 3 aromatic rings. The van der Waals surface area contributed by atoms with Crippen LogP contribution in [0.5, 0.6) is 0 Å². The fraction of sp³-hybridized carbons (Fsp3) is 0.400. The number of benzene rings is 1. The maximum Gasteiger partial charge on any atom is 0.274 e. The summed E-state index contributed by atoms with van der Waals surface area (Å²) in [6.45, 7) is 2.59. The van der Waals surface area contributed by atoms with Gasteiger partial charge in [-0.15, -0.1) is 0 Å². The predicted molar refractivity (Wildman–Crippen MR) is 109 cm³/mol. The number of likely N-dealkylation sites (tertiary alicyclic amines) is 1. The van der Waals surface area contributed by atoms with Gasteiger partial charge >= 0.3 is 0 Å². The quantitative estimate of drug-likeness (QED) is 0.610. The average molecular weight is 427 g/mol. The van der Waals surface area contributed by atoms with Gasteiger partial charge in [-0.05, 0) is 19.1 Å². The number of nitrogens with zero attached hydrogens (tertiary/aromatic N) is 5. The number of hydrogen-bond donors (Lipinski definition) is 0. The number of aromatic nitrogens is 4. The number of aryl methyl sites for hydroxylation is 1. The zero-order valence-electron chi connectivity index (χ0n) is 16.4. The Balaban J connectivity index is 1.28. The second-order valence-corrected chi connectivity index (χ2v) is 10.2. The molecule has 2 aromatic heterocycles. The molecule has 1 amide bonds. The minimum absolute atomic E-state index is 0.0967. The van der Waals surface area contributed by atoms with Crippen molar-refractivity contribution in [2.24, 2.45) is 0 Å². The number of sulfone groups is 1. The molecule has 0 saturated carbocycles. The Morgan fingerprint density at radius 3 is 2.73 bits per heavy atom. The third kappa shape index (κ3) is 3.16. The lowest BCUT2D eigenvalue weighted by molar-refractivity contribution is -0.121. The highest BCUT2D eigenvalue weighted by Crippen LogP contribution is 2.34. The van der Waals surface area contributed by atoms with E-state index in [0.717, 1.165) is 11.0 Å². The van der Waals surface area contributed by atoms with E-state index in [1.807, 2.05) is 28.8 Å². The standard InChI is InChI=1S/C20H21N5O4S/c1-14-18(22-7-6-21-14)19(26)25-10-20(11-25)12-30(27,28)15(9-29-20)8-24-13-23-16-4-2-3-5-17(16)24/h2-7,13,15H,8-12H2,1H3/t15-/m0/s1. The normalized spacial score (nSPS) is 22.2. The third-order valence-corrected chi connectivity index (χ3v) is 8.03. The molecule has 4 heterocycles. The van der Waals surface area contributed by atoms with Gasteiger partial charge in [0.15, 0.2) is 9.84 Å². The maximum atomic E-state index is 13.0. The van der Waals surface area contributed by atoms with E-state index >= 15 is 0 Å². The van der Waals surface area contributed by atoms with Gasteiger partial charge in [-0.1, -0.05) is 12.1 Å². The summed E-state index contributed by atoms with van der Waals surface area (Å²) in [6, 6.07) is 7.62. The van der Waals surface area contributed by atoms with Crippen LogP contribution in [0.2, 0.25) is 0 Å². The largest absolute Gasteiger partial charge is 0.369 e. The minimum atomic E-state index is -3.40. The molecule has 0 bridgehead atoms. The molecule has 0 N–H and O–H groups in total. The van der Waals surface area contributed by atoms with E-state index in [1.54, 1.807) is 18.2 Å². The van der Waals surface area contributed by atoms with Crippen molar-refractivity contribution in [1.29, 1.82) is 0 Å². The highest BCUT2D eigenvalue weighted by atomic mass is 32.2. The third-order valence-electron chi connectivity index (χ3n) is 5.80. The Bertz CT molecular complexity index is 1230. The van der Waals surface area contributed by atoms with E-state index < -0.39 is 20.7 Å². The van der Waals surface area contributed by atoms with Crippen molar-refractivity contribution in [2.45, 2.75) is 24.3 Å². The van der Waals surface area contributed by atoms with Crippen molar-refractivity contribution in [3.63, 3.8) is 0 Å². The maximum absolute atomic E-state index is 13.0. The van der Waals surface area contributed by atoms with Crippen LogP contribution in [0.25, 0.3) is 11.0 Å². The summed E-state index contributed by atoms with van der Waals surface area (Å²) in [5, 5.41) is -0.646. The van der Waals surface area contributed by atoms with E-state index in [0.29, 0.717) is 12.2 Å². The summed E-state index contributed by atoms with van der Waals surface area (Å²) in [5.41, 5.74) is 1.73. The van der Waals surface area contributed by atoms with E-state index in [9.17, 15) is 13.2 Å². The molecule has 2 saturated heterocycles. The number of amides is 1. The van der Waals surface area contributed by atoms with Gasteiger partial charge in [-0.2, -0.15) is 0 Å². The molecule has 30 heavy (non-hydrogen) atoms. The Hall–Kier alpha value is -2.85. The lowest BCUT2D eigenvalue weighted by atomic mass is 9.95. The Kier molecular flexibility index (Phi) is 4.37. The van der Waals surface area contributed by atoms with Crippen molar-refractivity contribution in [3.8, 4) is 0 Å². The van der Waals surface area contributed by atoms with Crippen LogP contribution in [0.4, 0.5) is 0 Å². The average Bonchev–Trinajstić information content (AvgIpc) is 3.10. The molecule has 0 unspecified atom stereocenters. The molecule has 1 atom stereocenters. The summed E-state index contributed by atoms with van der Waals surface area (Å²) in [7, 11) is -3.40. The highest BCUT2D eigenvalue weighted by molar-refractivity contribution is 7.92. The number of carbonyl (C=O) groups is 1. The molecule has 0 radical (unpaired) electrons. The topological polar surface area (TPSA) is 107 Å². The van der Waals surface area contributed by atoms with Gasteiger partial charge in [0.1, 0.15) is 16.5 Å². The molecule has 2 aliphatic rings. The van der Waals surface area contributed by atoms with E-state index in [4.69, 9.17) is 4.74 Å². The van der Waals surface area contributed by atoms with Crippen molar-refractivity contribution < 1.29 is 17.9 Å². The van der Waals surface area contributed by atoms with Crippen LogP contribution in [0.3, 0.4) is 0 Å². The molecule has 0 aliphatic carbocycles. The van der Waals surface area contributed by atoms with Gasteiger partial charge < -0.3 is 14.2 Å². The van der Waals surface area contributed by atoms with Gasteiger partial charge in [-0.3, -0.25) is 9.78 Å². The van der Waals surface area contributed by atoms with Gasteiger partial charge in [0.25, 0.3) is 5.91 Å². The number of carbonyl (C=O) groups excluding carboxylic acids is 1. The van der Waals surface area contributed by atoms with Crippen molar-refractivity contribution in [1.82, 2.24) is 24.4 Å².